The smallest absolute Gasteiger partial charge is 0.317 e. The highest BCUT2D eigenvalue weighted by atomic mass is 16.5. The molecule has 1 saturated carbocycles. The molecule has 94 valence electrons. The number of aliphatic carboxylic acids is 1. The monoisotopic (exact) mass is 231 g/mol. The Hall–Kier alpha value is -0.650. The van der Waals surface area contributed by atoms with Crippen molar-refractivity contribution in [1.82, 2.24) is 4.90 Å². The van der Waals surface area contributed by atoms with E-state index in [1.165, 1.54) is 12.8 Å². The molecule has 0 aromatic rings. The first-order valence-corrected chi connectivity index (χ1v) is 5.73. The van der Waals surface area contributed by atoms with Crippen molar-refractivity contribution >= 4 is 5.97 Å². The Balaban J connectivity index is 2.07. The van der Waals surface area contributed by atoms with E-state index in [0.717, 1.165) is 6.54 Å². The number of ether oxygens (including phenoxy) is 2. The predicted octanol–water partition coefficient (Wildman–Crippen LogP) is 0.446. The van der Waals surface area contributed by atoms with Crippen molar-refractivity contribution in [1.29, 1.82) is 0 Å². The van der Waals surface area contributed by atoms with Gasteiger partial charge in [-0.1, -0.05) is 0 Å². The third-order valence-corrected chi connectivity index (χ3v) is 2.56. The summed E-state index contributed by atoms with van der Waals surface area (Å²) in [5.41, 5.74) is 0. The second kappa shape index (κ2) is 7.60. The lowest BCUT2D eigenvalue weighted by molar-refractivity contribution is -0.138. The molecule has 0 aromatic heterocycles. The molecule has 5 nitrogen and oxygen atoms in total. The quantitative estimate of drug-likeness (QED) is 0.553. The molecule has 0 unspecified atom stereocenters. The molecule has 1 fully saturated rings. The number of carboxylic acid groups (broad SMARTS) is 1. The van der Waals surface area contributed by atoms with E-state index in [9.17, 15) is 4.79 Å². The number of methoxy groups -OCH3 is 1. The van der Waals surface area contributed by atoms with Gasteiger partial charge in [0.05, 0.1) is 26.4 Å². The Labute approximate surface area is 96.3 Å². The third-order valence-electron chi connectivity index (χ3n) is 2.56. The molecule has 1 N–H and O–H groups in total. The molecule has 5 heteroatoms. The van der Waals surface area contributed by atoms with Crippen LogP contribution in [0.2, 0.25) is 0 Å². The van der Waals surface area contributed by atoms with Gasteiger partial charge in [-0.25, -0.2) is 0 Å². The van der Waals surface area contributed by atoms with Gasteiger partial charge in [0.25, 0.3) is 0 Å². The zero-order chi connectivity index (χ0) is 11.8. The number of nitrogens with zero attached hydrogens (tertiary/aromatic N) is 1. The van der Waals surface area contributed by atoms with Crippen molar-refractivity contribution in [2.24, 2.45) is 5.92 Å². The lowest BCUT2D eigenvalue weighted by atomic mass is 10.3. The molecular weight excluding hydrogens is 210 g/mol. The maximum Gasteiger partial charge on any atom is 0.317 e. The molecule has 0 spiro atoms. The van der Waals surface area contributed by atoms with Crippen LogP contribution in [-0.4, -0.2) is 62.5 Å². The first-order chi connectivity index (χ1) is 7.72. The largest absolute Gasteiger partial charge is 0.480 e. The fourth-order valence-corrected chi connectivity index (χ4v) is 1.53. The average Bonchev–Trinajstić information content (AvgIpc) is 3.00. The molecule has 0 aliphatic heterocycles. The molecule has 1 aliphatic rings. The SMILES string of the molecule is COCCOCCN(CC(=O)O)CC1CC1. The van der Waals surface area contributed by atoms with Crippen LogP contribution in [0, 0.1) is 5.92 Å². The Morgan fingerprint density at radius 3 is 2.69 bits per heavy atom. The summed E-state index contributed by atoms with van der Waals surface area (Å²) in [5, 5.41) is 8.76. The molecule has 0 atom stereocenters. The third kappa shape index (κ3) is 6.76. The summed E-state index contributed by atoms with van der Waals surface area (Å²) in [5.74, 6) is -0.0594. The van der Waals surface area contributed by atoms with E-state index in [1.807, 2.05) is 4.90 Å². The van der Waals surface area contributed by atoms with Crippen LogP contribution in [0.1, 0.15) is 12.8 Å². The van der Waals surface area contributed by atoms with Crippen molar-refractivity contribution < 1.29 is 19.4 Å². The molecule has 0 saturated heterocycles. The van der Waals surface area contributed by atoms with Gasteiger partial charge in [-0.15, -0.1) is 0 Å². The van der Waals surface area contributed by atoms with E-state index >= 15 is 0 Å². The summed E-state index contributed by atoms with van der Waals surface area (Å²) < 4.78 is 10.2. The van der Waals surface area contributed by atoms with E-state index in [-0.39, 0.29) is 6.54 Å². The van der Waals surface area contributed by atoms with Crippen molar-refractivity contribution in [2.45, 2.75) is 12.8 Å². The molecule has 16 heavy (non-hydrogen) atoms. The first-order valence-electron chi connectivity index (χ1n) is 5.73. The van der Waals surface area contributed by atoms with Crippen LogP contribution in [0.25, 0.3) is 0 Å². The van der Waals surface area contributed by atoms with Crippen LogP contribution in [0.4, 0.5) is 0 Å². The zero-order valence-electron chi connectivity index (χ0n) is 9.85. The van der Waals surface area contributed by atoms with Crippen LogP contribution in [0.15, 0.2) is 0 Å². The molecule has 0 amide bonds. The number of carbonyl (C=O) groups is 1. The van der Waals surface area contributed by atoms with Gasteiger partial charge in [-0.2, -0.15) is 0 Å². The summed E-state index contributed by atoms with van der Waals surface area (Å²) in [6, 6.07) is 0. The van der Waals surface area contributed by atoms with Crippen LogP contribution in [0.3, 0.4) is 0 Å². The summed E-state index contributed by atoms with van der Waals surface area (Å²) in [6.45, 7) is 3.42. The van der Waals surface area contributed by atoms with Crippen LogP contribution in [-0.2, 0) is 14.3 Å². The van der Waals surface area contributed by atoms with E-state index < -0.39 is 5.97 Å². The first kappa shape index (κ1) is 13.4. The Bertz CT molecular complexity index is 206. The topological polar surface area (TPSA) is 59.0 Å². The molecule has 1 aliphatic carbocycles. The summed E-state index contributed by atoms with van der Waals surface area (Å²) >= 11 is 0. The van der Waals surface area contributed by atoms with Crippen LogP contribution < -0.4 is 0 Å². The fourth-order valence-electron chi connectivity index (χ4n) is 1.53. The van der Waals surface area contributed by atoms with Gasteiger partial charge in [0.2, 0.25) is 0 Å². The van der Waals surface area contributed by atoms with Gasteiger partial charge in [-0.3, -0.25) is 9.69 Å². The predicted molar refractivity (Wildman–Crippen MR) is 59.5 cm³/mol. The summed E-state index contributed by atoms with van der Waals surface area (Å²) in [7, 11) is 1.63. The standard InChI is InChI=1S/C11H21NO4/c1-15-6-7-16-5-4-12(9-11(13)14)8-10-2-3-10/h10H,2-9H2,1H3,(H,13,14). The van der Waals surface area contributed by atoms with Crippen molar-refractivity contribution in [3.63, 3.8) is 0 Å². The fraction of sp³-hybridized carbons (Fsp3) is 0.909. The van der Waals surface area contributed by atoms with Crippen molar-refractivity contribution in [2.75, 3.05) is 46.6 Å². The molecule has 1 rings (SSSR count). The molecule has 0 radical (unpaired) electrons. The van der Waals surface area contributed by atoms with E-state index in [0.29, 0.717) is 32.3 Å². The van der Waals surface area contributed by atoms with E-state index in [2.05, 4.69) is 0 Å². The normalized spacial score (nSPS) is 15.6. The number of hydrogen-bond donors (Lipinski definition) is 1. The average molecular weight is 231 g/mol. The Morgan fingerprint density at radius 1 is 1.38 bits per heavy atom. The maximum absolute atomic E-state index is 10.6. The second-order valence-corrected chi connectivity index (χ2v) is 4.18. The van der Waals surface area contributed by atoms with Gasteiger partial charge >= 0.3 is 5.97 Å². The minimum absolute atomic E-state index is 0.115. The maximum atomic E-state index is 10.6. The minimum atomic E-state index is -0.766. The number of hydrogen-bond acceptors (Lipinski definition) is 4. The van der Waals surface area contributed by atoms with Gasteiger partial charge < -0.3 is 14.6 Å². The second-order valence-electron chi connectivity index (χ2n) is 4.18. The summed E-state index contributed by atoms with van der Waals surface area (Å²) in [6.07, 6.45) is 2.47. The lowest BCUT2D eigenvalue weighted by Gasteiger charge is -2.19. The summed E-state index contributed by atoms with van der Waals surface area (Å²) in [4.78, 5) is 12.6. The van der Waals surface area contributed by atoms with Crippen molar-refractivity contribution in [3.8, 4) is 0 Å². The molecule has 0 aromatic carbocycles. The minimum Gasteiger partial charge on any atom is -0.480 e. The van der Waals surface area contributed by atoms with E-state index in [1.54, 1.807) is 7.11 Å². The molecule has 0 bridgehead atoms. The highest BCUT2D eigenvalue weighted by Gasteiger charge is 2.24. The van der Waals surface area contributed by atoms with Gasteiger partial charge in [0.15, 0.2) is 0 Å². The molecular formula is C11H21NO4. The number of rotatable bonds is 10. The van der Waals surface area contributed by atoms with Gasteiger partial charge in [0, 0.05) is 20.2 Å². The number of carboxylic acids is 1. The lowest BCUT2D eigenvalue weighted by Crippen LogP contribution is -2.34. The van der Waals surface area contributed by atoms with Crippen LogP contribution >= 0.6 is 0 Å². The van der Waals surface area contributed by atoms with E-state index in [4.69, 9.17) is 14.6 Å². The highest BCUT2D eigenvalue weighted by Crippen LogP contribution is 2.29. The Morgan fingerprint density at radius 2 is 2.12 bits per heavy atom. The zero-order valence-corrected chi connectivity index (χ0v) is 9.85. The van der Waals surface area contributed by atoms with Gasteiger partial charge in [-0.05, 0) is 18.8 Å². The molecule has 0 heterocycles. The van der Waals surface area contributed by atoms with Crippen molar-refractivity contribution in [3.05, 3.63) is 0 Å². The Kier molecular flexibility index (Phi) is 6.37. The van der Waals surface area contributed by atoms with Crippen LogP contribution in [0.5, 0.6) is 0 Å². The van der Waals surface area contributed by atoms with Gasteiger partial charge in [0.1, 0.15) is 0 Å². The highest BCUT2D eigenvalue weighted by molar-refractivity contribution is 5.69.